The van der Waals surface area contributed by atoms with E-state index in [-0.39, 0.29) is 29.4 Å². The Hall–Kier alpha value is -2.36. The molecule has 0 aromatic carbocycles. The molecule has 0 radical (unpaired) electrons. The number of rotatable bonds is 8. The monoisotopic (exact) mass is 461 g/mol. The smallest absolute Gasteiger partial charge is 0.404 e. The van der Waals surface area contributed by atoms with Crippen molar-refractivity contribution in [2.24, 2.45) is 5.73 Å². The Morgan fingerprint density at radius 3 is 2.86 bits per heavy atom. The number of nitrogens with two attached hydrogens (primary N) is 1. The van der Waals surface area contributed by atoms with E-state index in [1.807, 2.05) is 0 Å². The van der Waals surface area contributed by atoms with E-state index >= 15 is 0 Å². The summed E-state index contributed by atoms with van der Waals surface area (Å²) in [5.41, 5.74) is 4.66. The fourth-order valence-corrected chi connectivity index (χ4v) is 5.52. The van der Waals surface area contributed by atoms with E-state index in [1.54, 1.807) is 0 Å². The number of carbonyl (C=O) groups excluding carboxylic acids is 3. The molecule has 2 aliphatic rings. The van der Waals surface area contributed by atoms with Crippen LogP contribution in [0.15, 0.2) is 21.1 Å². The highest BCUT2D eigenvalue weighted by Crippen LogP contribution is 2.46. The van der Waals surface area contributed by atoms with Gasteiger partial charge in [-0.2, -0.15) is 0 Å². The Labute approximate surface area is 176 Å². The number of fused-ring (bicyclic) bond motifs is 1. The van der Waals surface area contributed by atoms with E-state index in [0.29, 0.717) is 4.34 Å². The summed E-state index contributed by atoms with van der Waals surface area (Å²) in [5.74, 6) is -2.46. The summed E-state index contributed by atoms with van der Waals surface area (Å²) in [6.07, 6.45) is -1.06. The molecule has 2 atom stereocenters. The van der Waals surface area contributed by atoms with Gasteiger partial charge in [-0.15, -0.1) is 22.0 Å². The zero-order valence-electron chi connectivity index (χ0n) is 14.8. The van der Waals surface area contributed by atoms with Gasteiger partial charge in [-0.1, -0.05) is 23.1 Å². The zero-order valence-corrected chi connectivity index (χ0v) is 17.3. The third-order valence-corrected chi connectivity index (χ3v) is 7.25. The second kappa shape index (κ2) is 8.56. The number of ether oxygens (including phenoxy) is 2. The lowest BCUT2D eigenvalue weighted by atomic mass is 9.98. The van der Waals surface area contributed by atoms with Gasteiger partial charge in [-0.05, 0) is 0 Å². The molecule has 0 unspecified atom stereocenters. The number of β-lactam (4-membered cyclic amide) rings is 1. The largest absolute Gasteiger partial charge is 0.477 e. The van der Waals surface area contributed by atoms with Crippen LogP contribution in [-0.2, 0) is 23.9 Å². The number of aromatic nitrogens is 2. The SMILES string of the molecule is CO[C@@]1(NC(=O)CSc2nncs2)C(=O)N2C(C(=O)O)=C(COC(N)=O)CS[C@H]21. The quantitative estimate of drug-likeness (QED) is 0.257. The zero-order chi connectivity index (χ0) is 21.2. The molecule has 0 spiro atoms. The summed E-state index contributed by atoms with van der Waals surface area (Å²) in [6.45, 7) is -0.356. The number of methoxy groups -OCH3 is 1. The van der Waals surface area contributed by atoms with Crippen LogP contribution < -0.4 is 11.1 Å². The maximum atomic E-state index is 12.8. The second-order valence-electron chi connectivity index (χ2n) is 5.68. The average molecular weight is 462 g/mol. The summed E-state index contributed by atoms with van der Waals surface area (Å²) in [5, 5.41) is 18.8. The third-order valence-electron chi connectivity index (χ3n) is 4.02. The fraction of sp³-hybridized carbons (Fsp3) is 0.429. The van der Waals surface area contributed by atoms with Crippen LogP contribution in [-0.4, -0.2) is 80.4 Å². The molecular formula is C14H15N5O7S3. The van der Waals surface area contributed by atoms with Crippen molar-refractivity contribution >= 4 is 58.7 Å². The van der Waals surface area contributed by atoms with E-state index in [1.165, 1.54) is 35.7 Å². The molecule has 15 heteroatoms. The molecule has 0 saturated carbocycles. The number of carbonyl (C=O) groups is 4. The van der Waals surface area contributed by atoms with Crippen molar-refractivity contribution in [1.82, 2.24) is 20.4 Å². The van der Waals surface area contributed by atoms with Crippen molar-refractivity contribution < 1.29 is 33.8 Å². The minimum atomic E-state index is -1.69. The number of carboxylic acid groups (broad SMARTS) is 1. The van der Waals surface area contributed by atoms with E-state index in [2.05, 4.69) is 20.3 Å². The van der Waals surface area contributed by atoms with Crippen molar-refractivity contribution in [3.05, 3.63) is 16.8 Å². The number of thioether (sulfide) groups is 2. The molecule has 0 bridgehead atoms. The molecule has 0 aliphatic carbocycles. The van der Waals surface area contributed by atoms with Crippen molar-refractivity contribution in [3.63, 3.8) is 0 Å². The third kappa shape index (κ3) is 4.03. The van der Waals surface area contributed by atoms with Crippen LogP contribution in [0, 0.1) is 0 Å². The highest BCUT2D eigenvalue weighted by molar-refractivity contribution is 8.01. The Balaban J connectivity index is 1.75. The van der Waals surface area contributed by atoms with Gasteiger partial charge in [0.05, 0.1) is 5.75 Å². The van der Waals surface area contributed by atoms with Gasteiger partial charge in [-0.25, -0.2) is 9.59 Å². The van der Waals surface area contributed by atoms with Gasteiger partial charge in [-0.3, -0.25) is 14.5 Å². The van der Waals surface area contributed by atoms with Gasteiger partial charge in [0.25, 0.3) is 11.6 Å². The molecule has 3 heterocycles. The lowest BCUT2D eigenvalue weighted by Gasteiger charge is -2.55. The minimum Gasteiger partial charge on any atom is -0.477 e. The first-order chi connectivity index (χ1) is 13.8. The summed E-state index contributed by atoms with van der Waals surface area (Å²) < 4.78 is 10.6. The molecule has 156 valence electrons. The fourth-order valence-electron chi connectivity index (χ4n) is 2.81. The molecule has 1 aromatic heterocycles. The normalized spacial score (nSPS) is 23.3. The molecular weight excluding hydrogens is 446 g/mol. The number of amides is 3. The van der Waals surface area contributed by atoms with Gasteiger partial charge in [0.1, 0.15) is 23.2 Å². The van der Waals surface area contributed by atoms with Crippen LogP contribution >= 0.6 is 34.9 Å². The summed E-state index contributed by atoms with van der Waals surface area (Å²) >= 11 is 3.59. The molecule has 2 aliphatic heterocycles. The topological polar surface area (TPSA) is 174 Å². The molecule has 29 heavy (non-hydrogen) atoms. The van der Waals surface area contributed by atoms with Crippen LogP contribution in [0.1, 0.15) is 0 Å². The van der Waals surface area contributed by atoms with Crippen LogP contribution in [0.2, 0.25) is 0 Å². The van der Waals surface area contributed by atoms with Gasteiger partial charge in [0.15, 0.2) is 4.34 Å². The van der Waals surface area contributed by atoms with Crippen molar-refractivity contribution in [2.75, 3.05) is 25.2 Å². The Morgan fingerprint density at radius 2 is 2.28 bits per heavy atom. The van der Waals surface area contributed by atoms with Crippen molar-refractivity contribution in [3.8, 4) is 0 Å². The van der Waals surface area contributed by atoms with Gasteiger partial charge < -0.3 is 25.6 Å². The van der Waals surface area contributed by atoms with Gasteiger partial charge >= 0.3 is 12.1 Å². The lowest BCUT2D eigenvalue weighted by molar-refractivity contribution is -0.192. The highest BCUT2D eigenvalue weighted by atomic mass is 32.2. The molecule has 1 aromatic rings. The molecule has 1 fully saturated rings. The number of primary amides is 1. The van der Waals surface area contributed by atoms with E-state index in [4.69, 9.17) is 10.5 Å². The van der Waals surface area contributed by atoms with Crippen LogP contribution in [0.25, 0.3) is 0 Å². The first-order valence-corrected chi connectivity index (χ1v) is 10.8. The van der Waals surface area contributed by atoms with Gasteiger partial charge in [0, 0.05) is 18.4 Å². The second-order valence-corrected chi connectivity index (χ2v) is 8.81. The van der Waals surface area contributed by atoms with E-state index < -0.39 is 35.0 Å². The number of hydrogen-bond donors (Lipinski definition) is 3. The predicted molar refractivity (Wildman–Crippen MR) is 102 cm³/mol. The minimum absolute atomic E-state index is 0.0235. The van der Waals surface area contributed by atoms with E-state index in [0.717, 1.165) is 16.7 Å². The van der Waals surface area contributed by atoms with Gasteiger partial charge in [0.2, 0.25) is 5.91 Å². The molecule has 3 amide bonds. The molecule has 1 saturated heterocycles. The molecule has 3 rings (SSSR count). The standard InChI is InChI=1S/C14H15N5O7S3/c1-25-14(17-7(20)4-28-13-18-16-5-29-13)10(23)19-8(9(21)22)6(2-26-12(15)24)3-27-11(14)19/h5,11H,2-4H2,1H3,(H2,15,24)(H,17,20)(H,21,22)/t11-,14-/m0/s1. The number of nitrogens with zero attached hydrogens (tertiary/aromatic N) is 3. The van der Waals surface area contributed by atoms with Crippen LogP contribution in [0.5, 0.6) is 0 Å². The highest BCUT2D eigenvalue weighted by Gasteiger charge is 2.66. The predicted octanol–water partition coefficient (Wildman–Crippen LogP) is -0.562. The summed E-state index contributed by atoms with van der Waals surface area (Å²) in [7, 11) is 1.25. The first-order valence-electron chi connectivity index (χ1n) is 7.88. The number of aliphatic carboxylic acids is 1. The Morgan fingerprint density at radius 1 is 1.52 bits per heavy atom. The summed E-state index contributed by atoms with van der Waals surface area (Å²) in [6, 6.07) is 0. The summed E-state index contributed by atoms with van der Waals surface area (Å²) in [4.78, 5) is 48.7. The van der Waals surface area contributed by atoms with Crippen molar-refractivity contribution in [2.45, 2.75) is 15.4 Å². The number of carboxylic acids is 1. The Bertz CT molecular complexity index is 877. The maximum Gasteiger partial charge on any atom is 0.404 e. The number of hydrogen-bond acceptors (Lipinski definition) is 11. The number of nitrogens with one attached hydrogen (secondary N) is 1. The van der Waals surface area contributed by atoms with Crippen LogP contribution in [0.3, 0.4) is 0 Å². The Kier molecular flexibility index (Phi) is 6.30. The molecule has 4 N–H and O–H groups in total. The van der Waals surface area contributed by atoms with Crippen molar-refractivity contribution in [1.29, 1.82) is 0 Å². The maximum absolute atomic E-state index is 12.8. The first kappa shape index (κ1) is 21.4. The molecule has 12 nitrogen and oxygen atoms in total. The van der Waals surface area contributed by atoms with E-state index in [9.17, 15) is 24.3 Å². The van der Waals surface area contributed by atoms with Crippen LogP contribution in [0.4, 0.5) is 4.79 Å². The lowest BCUT2D eigenvalue weighted by Crippen LogP contribution is -2.80. The average Bonchev–Trinajstić information content (AvgIpc) is 3.21.